The molecule has 1 aliphatic heterocycles. The average Bonchev–Trinajstić information content (AvgIpc) is 3.03. The molecule has 1 aromatic rings. The Balaban J connectivity index is 2.12. The van der Waals surface area contributed by atoms with Crippen LogP contribution in [0.25, 0.3) is 0 Å². The monoisotopic (exact) mass is 246 g/mol. The van der Waals surface area contributed by atoms with Crippen molar-refractivity contribution in [1.82, 2.24) is 0 Å². The summed E-state index contributed by atoms with van der Waals surface area (Å²) < 4.78 is 5.40. The van der Waals surface area contributed by atoms with Gasteiger partial charge < -0.3 is 9.84 Å². The minimum absolute atomic E-state index is 0.297. The first-order valence-corrected chi connectivity index (χ1v) is 6.41. The number of carboxylic acid groups (broad SMARTS) is 1. The second-order valence-electron chi connectivity index (χ2n) is 5.78. The van der Waals surface area contributed by atoms with Gasteiger partial charge in [-0.2, -0.15) is 0 Å². The first-order valence-electron chi connectivity index (χ1n) is 6.41. The SMILES string of the molecule is Cc1ccc(C)c(C2(C3(C(=O)O)CC3)COC2)c1. The van der Waals surface area contributed by atoms with Crippen molar-refractivity contribution >= 4 is 5.97 Å². The third kappa shape index (κ3) is 1.31. The van der Waals surface area contributed by atoms with E-state index in [-0.39, 0.29) is 5.41 Å². The molecule has 1 heterocycles. The van der Waals surface area contributed by atoms with Crippen molar-refractivity contribution in [2.45, 2.75) is 32.1 Å². The van der Waals surface area contributed by atoms with Crippen molar-refractivity contribution in [3.63, 3.8) is 0 Å². The lowest BCUT2D eigenvalue weighted by molar-refractivity contribution is -0.161. The van der Waals surface area contributed by atoms with Crippen molar-refractivity contribution in [2.75, 3.05) is 13.2 Å². The molecule has 0 amide bonds. The molecule has 0 atom stereocenters. The molecule has 18 heavy (non-hydrogen) atoms. The van der Waals surface area contributed by atoms with Gasteiger partial charge in [-0.25, -0.2) is 0 Å². The van der Waals surface area contributed by atoms with Gasteiger partial charge in [-0.05, 0) is 37.8 Å². The molecule has 0 radical (unpaired) electrons. The van der Waals surface area contributed by atoms with E-state index in [2.05, 4.69) is 32.0 Å². The maximum absolute atomic E-state index is 11.6. The number of benzene rings is 1. The molecular weight excluding hydrogens is 228 g/mol. The van der Waals surface area contributed by atoms with E-state index in [1.54, 1.807) is 0 Å². The Kier molecular flexibility index (Phi) is 2.33. The van der Waals surface area contributed by atoms with Gasteiger partial charge in [0.15, 0.2) is 0 Å². The van der Waals surface area contributed by atoms with Crippen LogP contribution >= 0.6 is 0 Å². The van der Waals surface area contributed by atoms with Crippen LogP contribution in [0.4, 0.5) is 0 Å². The van der Waals surface area contributed by atoms with Crippen molar-refractivity contribution in [2.24, 2.45) is 5.41 Å². The van der Waals surface area contributed by atoms with Crippen LogP contribution in [0.2, 0.25) is 0 Å². The fraction of sp³-hybridized carbons (Fsp3) is 0.533. The molecule has 0 bridgehead atoms. The maximum Gasteiger partial charge on any atom is 0.310 e. The van der Waals surface area contributed by atoms with Crippen LogP contribution in [0.5, 0.6) is 0 Å². The first kappa shape index (κ1) is 11.7. The van der Waals surface area contributed by atoms with E-state index in [0.717, 1.165) is 12.8 Å². The molecule has 3 rings (SSSR count). The van der Waals surface area contributed by atoms with Gasteiger partial charge in [-0.3, -0.25) is 4.79 Å². The lowest BCUT2D eigenvalue weighted by Crippen LogP contribution is -2.56. The van der Waals surface area contributed by atoms with Gasteiger partial charge in [0, 0.05) is 0 Å². The Morgan fingerprint density at radius 2 is 1.94 bits per heavy atom. The quantitative estimate of drug-likeness (QED) is 0.891. The predicted molar refractivity (Wildman–Crippen MR) is 67.7 cm³/mol. The molecule has 96 valence electrons. The lowest BCUT2D eigenvalue weighted by atomic mass is 9.64. The molecule has 1 N–H and O–H groups in total. The van der Waals surface area contributed by atoms with Gasteiger partial charge >= 0.3 is 5.97 Å². The van der Waals surface area contributed by atoms with E-state index < -0.39 is 11.4 Å². The van der Waals surface area contributed by atoms with E-state index in [4.69, 9.17) is 4.74 Å². The van der Waals surface area contributed by atoms with Crippen molar-refractivity contribution in [1.29, 1.82) is 0 Å². The molecule has 1 saturated carbocycles. The summed E-state index contributed by atoms with van der Waals surface area (Å²) in [6, 6.07) is 6.30. The Morgan fingerprint density at radius 3 is 2.39 bits per heavy atom. The molecule has 2 fully saturated rings. The molecule has 1 aromatic carbocycles. The number of hydrogen-bond donors (Lipinski definition) is 1. The average molecular weight is 246 g/mol. The molecule has 1 aliphatic carbocycles. The van der Waals surface area contributed by atoms with Gasteiger partial charge in [0.05, 0.1) is 24.0 Å². The third-order valence-corrected chi connectivity index (χ3v) is 4.68. The predicted octanol–water partition coefficient (Wildman–Crippen LogP) is 2.44. The molecule has 0 unspecified atom stereocenters. The second kappa shape index (κ2) is 3.58. The normalized spacial score (nSPS) is 23.2. The highest BCUT2D eigenvalue weighted by atomic mass is 16.5. The van der Waals surface area contributed by atoms with Gasteiger partial charge in [-0.15, -0.1) is 0 Å². The van der Waals surface area contributed by atoms with Crippen LogP contribution in [0, 0.1) is 19.3 Å². The molecule has 0 aromatic heterocycles. The molecular formula is C15H18O3. The van der Waals surface area contributed by atoms with Crippen LogP contribution in [-0.2, 0) is 14.9 Å². The van der Waals surface area contributed by atoms with Gasteiger partial charge in [0.25, 0.3) is 0 Å². The van der Waals surface area contributed by atoms with E-state index in [1.165, 1.54) is 16.7 Å². The van der Waals surface area contributed by atoms with Gasteiger partial charge in [0.1, 0.15) is 0 Å². The van der Waals surface area contributed by atoms with E-state index in [9.17, 15) is 9.90 Å². The fourth-order valence-electron chi connectivity index (χ4n) is 3.27. The van der Waals surface area contributed by atoms with Crippen molar-refractivity contribution in [3.8, 4) is 0 Å². The number of rotatable bonds is 3. The van der Waals surface area contributed by atoms with Crippen LogP contribution in [0.3, 0.4) is 0 Å². The molecule has 3 nitrogen and oxygen atoms in total. The zero-order chi connectivity index (χ0) is 13.0. The number of carboxylic acids is 1. The Labute approximate surface area is 107 Å². The van der Waals surface area contributed by atoms with Crippen molar-refractivity contribution in [3.05, 3.63) is 34.9 Å². The zero-order valence-electron chi connectivity index (χ0n) is 10.8. The highest BCUT2D eigenvalue weighted by molar-refractivity contribution is 5.81. The highest BCUT2D eigenvalue weighted by Crippen LogP contribution is 2.63. The lowest BCUT2D eigenvalue weighted by Gasteiger charge is -2.47. The van der Waals surface area contributed by atoms with Gasteiger partial charge in [-0.1, -0.05) is 23.8 Å². The highest BCUT2D eigenvalue weighted by Gasteiger charge is 2.68. The Bertz CT molecular complexity index is 510. The first-order chi connectivity index (χ1) is 8.52. The van der Waals surface area contributed by atoms with Crippen LogP contribution in [-0.4, -0.2) is 24.3 Å². The largest absolute Gasteiger partial charge is 0.481 e. The third-order valence-electron chi connectivity index (χ3n) is 4.68. The smallest absolute Gasteiger partial charge is 0.310 e. The number of hydrogen-bond acceptors (Lipinski definition) is 2. The number of aryl methyl sites for hydroxylation is 2. The Hall–Kier alpha value is -1.35. The summed E-state index contributed by atoms with van der Waals surface area (Å²) in [5.74, 6) is -0.660. The molecule has 2 aliphatic rings. The number of aliphatic carboxylic acids is 1. The van der Waals surface area contributed by atoms with E-state index in [0.29, 0.717) is 13.2 Å². The maximum atomic E-state index is 11.6. The molecule has 1 saturated heterocycles. The second-order valence-corrected chi connectivity index (χ2v) is 5.78. The van der Waals surface area contributed by atoms with E-state index in [1.807, 2.05) is 0 Å². The molecule has 3 heteroatoms. The molecule has 0 spiro atoms. The minimum Gasteiger partial charge on any atom is -0.481 e. The van der Waals surface area contributed by atoms with Crippen molar-refractivity contribution < 1.29 is 14.6 Å². The van der Waals surface area contributed by atoms with Crippen LogP contribution in [0.1, 0.15) is 29.5 Å². The van der Waals surface area contributed by atoms with Gasteiger partial charge in [0.2, 0.25) is 0 Å². The number of carbonyl (C=O) groups is 1. The standard InChI is InChI=1S/C15H18O3/c1-10-3-4-11(2)12(7-10)15(8-18-9-15)14(5-6-14)13(16)17/h3-4,7H,5-6,8-9H2,1-2H3,(H,16,17). The number of ether oxygens (including phenoxy) is 1. The summed E-state index contributed by atoms with van der Waals surface area (Å²) in [6.07, 6.45) is 1.55. The summed E-state index contributed by atoms with van der Waals surface area (Å²) in [5.41, 5.74) is 2.66. The van der Waals surface area contributed by atoms with Crippen LogP contribution in [0.15, 0.2) is 18.2 Å². The zero-order valence-corrected chi connectivity index (χ0v) is 10.8. The van der Waals surface area contributed by atoms with E-state index >= 15 is 0 Å². The summed E-state index contributed by atoms with van der Waals surface area (Å²) in [5, 5.41) is 9.57. The summed E-state index contributed by atoms with van der Waals surface area (Å²) in [7, 11) is 0. The van der Waals surface area contributed by atoms with Crippen LogP contribution < -0.4 is 0 Å². The minimum atomic E-state index is -0.660. The fourth-order valence-corrected chi connectivity index (χ4v) is 3.27. The summed E-state index contributed by atoms with van der Waals surface area (Å²) >= 11 is 0. The summed E-state index contributed by atoms with van der Waals surface area (Å²) in [6.45, 7) is 5.20. The Morgan fingerprint density at radius 1 is 1.28 bits per heavy atom. The summed E-state index contributed by atoms with van der Waals surface area (Å²) in [4.78, 5) is 11.6. The topological polar surface area (TPSA) is 46.5 Å².